The van der Waals surface area contributed by atoms with Gasteiger partial charge in [0.1, 0.15) is 0 Å². The molecule has 130 valence electrons. The molecule has 0 atom stereocenters. The van der Waals surface area contributed by atoms with Crippen molar-refractivity contribution >= 4 is 17.9 Å². The number of amidine groups is 1. The third-order valence-electron chi connectivity index (χ3n) is 3.40. The van der Waals surface area contributed by atoms with Gasteiger partial charge in [-0.3, -0.25) is 0 Å². The molecule has 2 N–H and O–H groups in total. The summed E-state index contributed by atoms with van der Waals surface area (Å²) in [4.78, 5) is 16.5. The smallest absolute Gasteiger partial charge is 0.358 e. The zero-order valence-corrected chi connectivity index (χ0v) is 14.4. The van der Waals surface area contributed by atoms with Crippen molar-refractivity contribution in [3.05, 3.63) is 65.2 Å². The van der Waals surface area contributed by atoms with E-state index in [2.05, 4.69) is 5.16 Å². The zero-order valence-electron chi connectivity index (χ0n) is 14.4. The molecule has 0 heterocycles. The van der Waals surface area contributed by atoms with E-state index in [1.165, 1.54) is 6.08 Å². The predicted molar refractivity (Wildman–Crippen MR) is 96.6 cm³/mol. The molecule has 0 bridgehead atoms. The second kappa shape index (κ2) is 8.54. The van der Waals surface area contributed by atoms with Crippen molar-refractivity contribution in [1.29, 1.82) is 0 Å². The van der Waals surface area contributed by atoms with E-state index in [-0.39, 0.29) is 5.84 Å². The Morgan fingerprint density at radius 2 is 1.72 bits per heavy atom. The Kier molecular flexibility index (Phi) is 6.17. The first-order chi connectivity index (χ1) is 12.0. The van der Waals surface area contributed by atoms with Gasteiger partial charge in [0.05, 0.1) is 14.2 Å². The predicted octanol–water partition coefficient (Wildman–Crippen LogP) is 2.89. The van der Waals surface area contributed by atoms with E-state index in [0.29, 0.717) is 17.1 Å². The van der Waals surface area contributed by atoms with Crippen molar-refractivity contribution in [3.63, 3.8) is 0 Å². The molecule has 0 saturated carbocycles. The number of nitrogens with two attached hydrogens (primary N) is 1. The van der Waals surface area contributed by atoms with Gasteiger partial charge in [0, 0.05) is 11.6 Å². The molecule has 0 aliphatic heterocycles. The molecule has 25 heavy (non-hydrogen) atoms. The third-order valence-corrected chi connectivity index (χ3v) is 3.40. The number of aryl methyl sites for hydroxylation is 1. The van der Waals surface area contributed by atoms with E-state index in [9.17, 15) is 4.79 Å². The van der Waals surface area contributed by atoms with Crippen molar-refractivity contribution in [2.75, 3.05) is 14.2 Å². The summed E-state index contributed by atoms with van der Waals surface area (Å²) in [6, 6.07) is 12.7. The highest BCUT2D eigenvalue weighted by atomic mass is 16.7. The summed E-state index contributed by atoms with van der Waals surface area (Å²) >= 11 is 0. The van der Waals surface area contributed by atoms with Crippen LogP contribution in [0.5, 0.6) is 11.5 Å². The first-order valence-electron chi connectivity index (χ1n) is 7.55. The Morgan fingerprint density at radius 3 is 2.36 bits per heavy atom. The van der Waals surface area contributed by atoms with Crippen molar-refractivity contribution in [1.82, 2.24) is 0 Å². The van der Waals surface area contributed by atoms with Crippen LogP contribution in [-0.2, 0) is 9.63 Å². The van der Waals surface area contributed by atoms with Crippen LogP contribution in [0, 0.1) is 6.92 Å². The van der Waals surface area contributed by atoms with Crippen LogP contribution in [0.25, 0.3) is 6.08 Å². The molecule has 2 aromatic rings. The maximum absolute atomic E-state index is 11.8. The molecule has 0 unspecified atom stereocenters. The monoisotopic (exact) mass is 340 g/mol. The second-order valence-corrected chi connectivity index (χ2v) is 5.20. The summed E-state index contributed by atoms with van der Waals surface area (Å²) < 4.78 is 10.4. The second-order valence-electron chi connectivity index (χ2n) is 5.20. The molecule has 0 aliphatic rings. The molecule has 0 aliphatic carbocycles. The van der Waals surface area contributed by atoms with E-state index in [0.717, 1.165) is 11.1 Å². The summed E-state index contributed by atoms with van der Waals surface area (Å²) in [5.41, 5.74) is 8.33. The van der Waals surface area contributed by atoms with Crippen LogP contribution in [0.15, 0.2) is 53.7 Å². The van der Waals surface area contributed by atoms with Crippen LogP contribution < -0.4 is 15.2 Å². The lowest BCUT2D eigenvalue weighted by atomic mass is 10.1. The van der Waals surface area contributed by atoms with Crippen LogP contribution in [0.1, 0.15) is 16.7 Å². The summed E-state index contributed by atoms with van der Waals surface area (Å²) in [7, 11) is 3.10. The summed E-state index contributed by atoms with van der Waals surface area (Å²) in [5.74, 6) is 0.676. The number of oxime groups is 1. The number of benzene rings is 2. The topological polar surface area (TPSA) is 83.1 Å². The molecule has 0 radical (unpaired) electrons. The highest BCUT2D eigenvalue weighted by Crippen LogP contribution is 2.27. The van der Waals surface area contributed by atoms with Gasteiger partial charge in [-0.15, -0.1) is 0 Å². The molecule has 6 heteroatoms. The molecule has 2 rings (SSSR count). The van der Waals surface area contributed by atoms with Gasteiger partial charge in [0.25, 0.3) is 0 Å². The van der Waals surface area contributed by atoms with Gasteiger partial charge in [0.2, 0.25) is 0 Å². The fraction of sp³-hybridized carbons (Fsp3) is 0.158. The first-order valence-corrected chi connectivity index (χ1v) is 7.55. The lowest BCUT2D eigenvalue weighted by Crippen LogP contribution is -2.14. The average molecular weight is 340 g/mol. The van der Waals surface area contributed by atoms with Crippen LogP contribution >= 0.6 is 0 Å². The molecule has 0 amide bonds. The number of rotatable bonds is 6. The van der Waals surface area contributed by atoms with Gasteiger partial charge in [-0.05, 0) is 30.7 Å². The minimum Gasteiger partial charge on any atom is -0.493 e. The Balaban J connectivity index is 2.01. The van der Waals surface area contributed by atoms with Gasteiger partial charge >= 0.3 is 5.97 Å². The van der Waals surface area contributed by atoms with Gasteiger partial charge in [0.15, 0.2) is 17.3 Å². The fourth-order valence-corrected chi connectivity index (χ4v) is 2.02. The highest BCUT2D eigenvalue weighted by molar-refractivity contribution is 5.97. The van der Waals surface area contributed by atoms with Crippen molar-refractivity contribution in [2.45, 2.75) is 6.92 Å². The largest absolute Gasteiger partial charge is 0.493 e. The Labute approximate surface area is 146 Å². The molecule has 0 spiro atoms. The highest BCUT2D eigenvalue weighted by Gasteiger charge is 2.04. The standard InChI is InChI=1S/C19H20N2O4/c1-13-4-8-15(9-5-13)19(20)21-25-18(22)11-7-14-6-10-16(23-2)17(12-14)24-3/h4-12H,1-3H3,(H2,20,21). The van der Waals surface area contributed by atoms with Crippen LogP contribution in [0.4, 0.5) is 0 Å². The molecule has 0 saturated heterocycles. The molecular formula is C19H20N2O4. The Morgan fingerprint density at radius 1 is 1.04 bits per heavy atom. The number of carbonyl (C=O) groups excluding carboxylic acids is 1. The minimum absolute atomic E-state index is 0.132. The first kappa shape index (κ1) is 18.1. The van der Waals surface area contributed by atoms with Crippen molar-refractivity contribution in [3.8, 4) is 11.5 Å². The van der Waals surface area contributed by atoms with Gasteiger partial charge in [-0.25, -0.2) is 4.79 Å². The van der Waals surface area contributed by atoms with Gasteiger partial charge in [-0.1, -0.05) is 41.1 Å². The number of nitrogens with zero attached hydrogens (tertiary/aromatic N) is 1. The number of hydrogen-bond acceptors (Lipinski definition) is 5. The van der Waals surface area contributed by atoms with Gasteiger partial charge in [-0.2, -0.15) is 0 Å². The van der Waals surface area contributed by atoms with E-state index in [4.69, 9.17) is 20.0 Å². The van der Waals surface area contributed by atoms with Crippen molar-refractivity contribution in [2.24, 2.45) is 10.9 Å². The third kappa shape index (κ3) is 5.10. The van der Waals surface area contributed by atoms with E-state index in [1.54, 1.807) is 38.5 Å². The quantitative estimate of drug-likeness (QED) is 0.287. The molecule has 2 aromatic carbocycles. The summed E-state index contributed by atoms with van der Waals surface area (Å²) in [5, 5.41) is 3.65. The molecule has 0 aromatic heterocycles. The summed E-state index contributed by atoms with van der Waals surface area (Å²) in [6.45, 7) is 1.97. The molecule has 6 nitrogen and oxygen atoms in total. The van der Waals surface area contributed by atoms with Crippen molar-refractivity contribution < 1.29 is 19.1 Å². The van der Waals surface area contributed by atoms with Gasteiger partial charge < -0.3 is 20.0 Å². The number of ether oxygens (including phenoxy) is 2. The number of carbonyl (C=O) groups is 1. The van der Waals surface area contributed by atoms with E-state index < -0.39 is 5.97 Å². The SMILES string of the molecule is COc1ccc(C=CC(=O)ON=C(N)c2ccc(C)cc2)cc1OC. The van der Waals surface area contributed by atoms with Crippen LogP contribution in [0.2, 0.25) is 0 Å². The zero-order chi connectivity index (χ0) is 18.2. The Bertz CT molecular complexity index is 796. The number of methoxy groups -OCH3 is 2. The van der Waals surface area contributed by atoms with Crippen LogP contribution in [-0.4, -0.2) is 26.0 Å². The number of hydrogen-bond donors (Lipinski definition) is 1. The van der Waals surface area contributed by atoms with E-state index in [1.807, 2.05) is 31.2 Å². The van der Waals surface area contributed by atoms with E-state index >= 15 is 0 Å². The fourth-order valence-electron chi connectivity index (χ4n) is 2.02. The van der Waals surface area contributed by atoms with Crippen LogP contribution in [0.3, 0.4) is 0 Å². The molecular weight excluding hydrogens is 320 g/mol. The lowest BCUT2D eigenvalue weighted by Gasteiger charge is -2.07. The maximum atomic E-state index is 11.8. The molecule has 0 fully saturated rings. The lowest BCUT2D eigenvalue weighted by molar-refractivity contribution is -0.137. The minimum atomic E-state index is -0.634. The normalized spacial score (nSPS) is 11.4. The summed E-state index contributed by atoms with van der Waals surface area (Å²) in [6.07, 6.45) is 2.84. The Hall–Kier alpha value is -3.28. The maximum Gasteiger partial charge on any atom is 0.358 e. The average Bonchev–Trinajstić information content (AvgIpc) is 2.64.